The summed E-state index contributed by atoms with van der Waals surface area (Å²) >= 11 is 1.89. The third-order valence-electron chi connectivity index (χ3n) is 3.66. The second kappa shape index (κ2) is 7.92. The van der Waals surface area contributed by atoms with E-state index in [1.165, 1.54) is 26.9 Å². The Morgan fingerprint density at radius 3 is 2.67 bits per heavy atom. The van der Waals surface area contributed by atoms with E-state index in [0.717, 1.165) is 19.6 Å². The Labute approximate surface area is 132 Å². The van der Waals surface area contributed by atoms with Crippen LogP contribution >= 0.6 is 11.3 Å². The smallest absolute Gasteiger partial charge is 0.0737 e. The lowest BCUT2D eigenvalue weighted by molar-refractivity contribution is 0.0476. The van der Waals surface area contributed by atoms with Crippen LogP contribution in [0.3, 0.4) is 0 Å². The van der Waals surface area contributed by atoms with Crippen molar-refractivity contribution >= 4 is 21.4 Å². The van der Waals surface area contributed by atoms with Gasteiger partial charge in [0.2, 0.25) is 0 Å². The predicted octanol–water partition coefficient (Wildman–Crippen LogP) is 5.10. The molecule has 116 valence electrons. The van der Waals surface area contributed by atoms with Crippen molar-refractivity contribution in [3.8, 4) is 0 Å². The van der Waals surface area contributed by atoms with Gasteiger partial charge in [0.05, 0.1) is 12.7 Å². The summed E-state index contributed by atoms with van der Waals surface area (Å²) in [5.41, 5.74) is 1.37. The molecule has 0 amide bonds. The van der Waals surface area contributed by atoms with Crippen molar-refractivity contribution in [2.24, 2.45) is 0 Å². The van der Waals surface area contributed by atoms with Crippen LogP contribution in [0.5, 0.6) is 0 Å². The van der Waals surface area contributed by atoms with Crippen molar-refractivity contribution in [3.63, 3.8) is 0 Å². The van der Waals surface area contributed by atoms with Crippen molar-refractivity contribution in [1.29, 1.82) is 0 Å². The molecule has 0 spiro atoms. The number of rotatable bonds is 8. The third-order valence-corrected chi connectivity index (χ3v) is 4.87. The summed E-state index contributed by atoms with van der Waals surface area (Å²) in [5.74, 6) is 0. The number of thiophene rings is 1. The normalized spacial score (nSPS) is 13.2. The molecule has 0 aliphatic carbocycles. The Morgan fingerprint density at radius 1 is 1.19 bits per heavy atom. The van der Waals surface area contributed by atoms with E-state index in [1.54, 1.807) is 0 Å². The minimum atomic E-state index is 0.333. The monoisotopic (exact) mass is 305 g/mol. The van der Waals surface area contributed by atoms with Crippen LogP contribution in [-0.2, 0) is 17.9 Å². The second-order valence-electron chi connectivity index (χ2n) is 5.95. The number of benzene rings is 1. The lowest BCUT2D eigenvalue weighted by atomic mass is 10.1. The Balaban J connectivity index is 2.18. The first kappa shape index (κ1) is 16.5. The second-order valence-corrected chi connectivity index (χ2v) is 7.08. The quantitative estimate of drug-likeness (QED) is 0.732. The van der Waals surface area contributed by atoms with Crippen LogP contribution in [0.2, 0.25) is 0 Å². The van der Waals surface area contributed by atoms with Crippen molar-refractivity contribution in [3.05, 3.63) is 34.7 Å². The lowest BCUT2D eigenvalue weighted by Gasteiger charge is -2.13. The molecule has 1 heterocycles. The number of hydrogen-bond acceptors (Lipinski definition) is 3. The fourth-order valence-corrected chi connectivity index (χ4v) is 3.62. The summed E-state index contributed by atoms with van der Waals surface area (Å²) in [6.07, 6.45) is 2.63. The van der Waals surface area contributed by atoms with Crippen LogP contribution in [-0.4, -0.2) is 12.1 Å². The summed E-state index contributed by atoms with van der Waals surface area (Å²) in [6, 6.07) is 9.16. The third kappa shape index (κ3) is 4.53. The van der Waals surface area contributed by atoms with Gasteiger partial charge in [-0.25, -0.2) is 0 Å². The maximum absolute atomic E-state index is 6.06. The van der Waals surface area contributed by atoms with Crippen molar-refractivity contribution in [2.75, 3.05) is 0 Å². The van der Waals surface area contributed by atoms with E-state index in [-0.39, 0.29) is 0 Å². The van der Waals surface area contributed by atoms with Gasteiger partial charge in [-0.1, -0.05) is 45.4 Å². The van der Waals surface area contributed by atoms with Crippen LogP contribution in [0.1, 0.15) is 51.0 Å². The Morgan fingerprint density at radius 2 is 1.95 bits per heavy atom. The van der Waals surface area contributed by atoms with Gasteiger partial charge in [0.25, 0.3) is 0 Å². The predicted molar refractivity (Wildman–Crippen MR) is 93.0 cm³/mol. The molecule has 0 bridgehead atoms. The Hall–Kier alpha value is -0.900. The average Bonchev–Trinajstić information content (AvgIpc) is 2.81. The van der Waals surface area contributed by atoms with Crippen LogP contribution < -0.4 is 5.32 Å². The fourth-order valence-electron chi connectivity index (χ4n) is 2.46. The largest absolute Gasteiger partial charge is 0.374 e. The zero-order valence-corrected chi connectivity index (χ0v) is 14.4. The fraction of sp³-hybridized carbons (Fsp3) is 0.556. The highest BCUT2D eigenvalue weighted by atomic mass is 32.1. The van der Waals surface area contributed by atoms with E-state index in [2.05, 4.69) is 57.3 Å². The Bertz CT molecular complexity index is 561. The molecule has 0 aliphatic rings. The number of nitrogens with one attached hydrogen (secondary N) is 1. The molecule has 2 rings (SSSR count). The van der Waals surface area contributed by atoms with Crippen molar-refractivity contribution < 1.29 is 4.74 Å². The number of fused-ring (bicyclic) bond motifs is 1. The molecule has 1 atom stereocenters. The van der Waals surface area contributed by atoms with Gasteiger partial charge in [-0.05, 0) is 24.8 Å². The van der Waals surface area contributed by atoms with E-state index in [9.17, 15) is 0 Å². The number of ether oxygens (including phenoxy) is 1. The summed E-state index contributed by atoms with van der Waals surface area (Å²) in [6.45, 7) is 10.4. The molecular formula is C18H27NOS. The number of hydrogen-bond donors (Lipinski definition) is 1. The van der Waals surface area contributed by atoms with E-state index in [1.807, 2.05) is 11.3 Å². The van der Waals surface area contributed by atoms with E-state index in [4.69, 9.17) is 4.74 Å². The van der Waals surface area contributed by atoms with Gasteiger partial charge in [-0.15, -0.1) is 11.3 Å². The summed E-state index contributed by atoms with van der Waals surface area (Å²) in [7, 11) is 0. The topological polar surface area (TPSA) is 21.3 Å². The van der Waals surface area contributed by atoms with E-state index >= 15 is 0 Å². The SMILES string of the molecule is CCCC(C)OCc1c(CNC(C)C)sc2ccccc12. The Kier molecular flexibility index (Phi) is 6.22. The molecule has 1 aromatic carbocycles. The molecule has 0 aliphatic heterocycles. The standard InChI is InChI=1S/C18H27NOS/c1-5-8-14(4)20-12-16-15-9-6-7-10-17(15)21-18(16)11-19-13(2)3/h6-7,9-10,13-14,19H,5,8,11-12H2,1-4H3. The van der Waals surface area contributed by atoms with Gasteiger partial charge in [-0.2, -0.15) is 0 Å². The molecule has 1 unspecified atom stereocenters. The first-order valence-electron chi connectivity index (χ1n) is 7.96. The van der Waals surface area contributed by atoms with Crippen molar-refractivity contribution in [2.45, 2.75) is 65.8 Å². The van der Waals surface area contributed by atoms with Gasteiger partial charge in [0.15, 0.2) is 0 Å². The maximum atomic E-state index is 6.06. The molecule has 2 aromatic rings. The summed E-state index contributed by atoms with van der Waals surface area (Å²) in [5, 5.41) is 4.88. The molecule has 0 fully saturated rings. The molecule has 2 nitrogen and oxygen atoms in total. The van der Waals surface area contributed by atoms with E-state index in [0.29, 0.717) is 12.1 Å². The first-order valence-corrected chi connectivity index (χ1v) is 8.77. The van der Waals surface area contributed by atoms with Crippen molar-refractivity contribution in [1.82, 2.24) is 5.32 Å². The highest BCUT2D eigenvalue weighted by Crippen LogP contribution is 2.32. The van der Waals surface area contributed by atoms with Gasteiger partial charge >= 0.3 is 0 Å². The minimum absolute atomic E-state index is 0.333. The highest BCUT2D eigenvalue weighted by molar-refractivity contribution is 7.19. The molecule has 3 heteroatoms. The molecule has 21 heavy (non-hydrogen) atoms. The highest BCUT2D eigenvalue weighted by Gasteiger charge is 2.13. The van der Waals surface area contributed by atoms with Crippen LogP contribution in [0.25, 0.3) is 10.1 Å². The maximum Gasteiger partial charge on any atom is 0.0737 e. The van der Waals surface area contributed by atoms with Gasteiger partial charge in [0.1, 0.15) is 0 Å². The van der Waals surface area contributed by atoms with Crippen LogP contribution in [0.4, 0.5) is 0 Å². The first-order chi connectivity index (χ1) is 10.1. The summed E-state index contributed by atoms with van der Waals surface area (Å²) < 4.78 is 7.42. The lowest BCUT2D eigenvalue weighted by Crippen LogP contribution is -2.22. The van der Waals surface area contributed by atoms with Gasteiger partial charge in [-0.3, -0.25) is 0 Å². The zero-order valence-electron chi connectivity index (χ0n) is 13.6. The van der Waals surface area contributed by atoms with E-state index < -0.39 is 0 Å². The average molecular weight is 305 g/mol. The molecule has 0 radical (unpaired) electrons. The minimum Gasteiger partial charge on any atom is -0.374 e. The molecule has 0 saturated heterocycles. The molecule has 1 N–H and O–H groups in total. The molecule has 0 saturated carbocycles. The summed E-state index contributed by atoms with van der Waals surface area (Å²) in [4.78, 5) is 1.41. The molecular weight excluding hydrogens is 278 g/mol. The molecule has 1 aromatic heterocycles. The van der Waals surface area contributed by atoms with Gasteiger partial charge in [0, 0.05) is 27.7 Å². The van der Waals surface area contributed by atoms with Gasteiger partial charge < -0.3 is 10.1 Å². The van der Waals surface area contributed by atoms with Crippen LogP contribution in [0, 0.1) is 0 Å². The van der Waals surface area contributed by atoms with Crippen LogP contribution in [0.15, 0.2) is 24.3 Å². The zero-order chi connectivity index (χ0) is 15.2.